The molecule has 1 fully saturated rings. The van der Waals surface area contributed by atoms with Gasteiger partial charge in [0.15, 0.2) is 0 Å². The van der Waals surface area contributed by atoms with Gasteiger partial charge in [-0.25, -0.2) is 0 Å². The molecule has 1 nitrogen and oxygen atoms in total. The Bertz CT molecular complexity index is 347. The first kappa shape index (κ1) is 8.45. The number of hydrogen-bond acceptors (Lipinski definition) is 2. The molecule has 3 atom stereocenters. The second kappa shape index (κ2) is 2.81. The van der Waals surface area contributed by atoms with Crippen molar-refractivity contribution in [3.05, 3.63) is 20.3 Å². The van der Waals surface area contributed by atoms with Crippen molar-refractivity contribution in [1.29, 1.82) is 0 Å². The molecule has 1 aliphatic heterocycles. The van der Waals surface area contributed by atoms with Gasteiger partial charge in [0.2, 0.25) is 0 Å². The van der Waals surface area contributed by atoms with Crippen molar-refractivity contribution >= 4 is 27.3 Å². The molecule has 13 heavy (non-hydrogen) atoms. The van der Waals surface area contributed by atoms with E-state index in [1.54, 1.807) is 10.4 Å². The second-order valence-corrected chi connectivity index (χ2v) is 6.55. The van der Waals surface area contributed by atoms with Crippen LogP contribution < -0.4 is 5.32 Å². The summed E-state index contributed by atoms with van der Waals surface area (Å²) in [5, 5.41) is 3.50. The first-order chi connectivity index (χ1) is 6.27. The Hall–Kier alpha value is 0.140. The van der Waals surface area contributed by atoms with E-state index in [-0.39, 0.29) is 0 Å². The van der Waals surface area contributed by atoms with E-state index in [9.17, 15) is 0 Å². The monoisotopic (exact) mass is 257 g/mol. The van der Waals surface area contributed by atoms with Crippen molar-refractivity contribution in [3.8, 4) is 0 Å². The summed E-state index contributed by atoms with van der Waals surface area (Å²) in [5.74, 6) is 2.44. The van der Waals surface area contributed by atoms with E-state index < -0.39 is 0 Å². The number of thiophene rings is 1. The first-order valence-electron chi connectivity index (χ1n) is 4.77. The zero-order valence-corrected chi connectivity index (χ0v) is 9.91. The van der Waals surface area contributed by atoms with Crippen LogP contribution in [0, 0.1) is 5.92 Å². The molecule has 0 spiro atoms. The second-order valence-electron chi connectivity index (χ2n) is 4.09. The molecule has 1 saturated heterocycles. The van der Waals surface area contributed by atoms with Gasteiger partial charge < -0.3 is 5.32 Å². The Morgan fingerprint density at radius 1 is 1.54 bits per heavy atom. The third kappa shape index (κ3) is 1.07. The van der Waals surface area contributed by atoms with E-state index in [1.165, 1.54) is 16.9 Å². The highest BCUT2D eigenvalue weighted by molar-refractivity contribution is 9.11. The summed E-state index contributed by atoms with van der Waals surface area (Å²) < 4.78 is 1.30. The molecule has 1 aromatic rings. The lowest BCUT2D eigenvalue weighted by Gasteiger charge is -2.12. The third-order valence-electron chi connectivity index (χ3n) is 3.49. The van der Waals surface area contributed by atoms with Gasteiger partial charge in [0.05, 0.1) is 3.79 Å². The van der Waals surface area contributed by atoms with Crippen molar-refractivity contribution in [3.63, 3.8) is 0 Å². The smallest absolute Gasteiger partial charge is 0.0704 e. The van der Waals surface area contributed by atoms with E-state index in [4.69, 9.17) is 0 Å². The highest BCUT2D eigenvalue weighted by Gasteiger charge is 2.42. The van der Waals surface area contributed by atoms with Crippen LogP contribution in [0.3, 0.4) is 0 Å². The van der Waals surface area contributed by atoms with Gasteiger partial charge in [0, 0.05) is 17.3 Å². The van der Waals surface area contributed by atoms with Gasteiger partial charge in [0.25, 0.3) is 0 Å². The van der Waals surface area contributed by atoms with Crippen LogP contribution in [0.2, 0.25) is 0 Å². The minimum absolute atomic E-state index is 0.762. The summed E-state index contributed by atoms with van der Waals surface area (Å²) >= 11 is 5.51. The van der Waals surface area contributed by atoms with E-state index in [1.807, 2.05) is 11.3 Å². The molecule has 3 rings (SSSR count). The van der Waals surface area contributed by atoms with Crippen LogP contribution in [0.25, 0.3) is 0 Å². The summed E-state index contributed by atoms with van der Waals surface area (Å²) in [6, 6.07) is 2.32. The number of halogens is 1. The summed E-state index contributed by atoms with van der Waals surface area (Å²) in [7, 11) is 0. The highest BCUT2D eigenvalue weighted by atomic mass is 79.9. The quantitative estimate of drug-likeness (QED) is 0.754. The minimum Gasteiger partial charge on any atom is -0.316 e. The SMILES string of the molecule is CC1c2cc(Br)sc2C2CNCC12. The van der Waals surface area contributed by atoms with Crippen LogP contribution in [0.5, 0.6) is 0 Å². The standard InChI is InChI=1S/C10H12BrNS/c1-5-6-2-9(11)13-10(6)8-4-12-3-7(5)8/h2,5,7-8,12H,3-4H2,1H3. The molecule has 1 aliphatic carbocycles. The predicted octanol–water partition coefficient (Wildman–Crippen LogP) is 2.93. The van der Waals surface area contributed by atoms with Gasteiger partial charge in [-0.1, -0.05) is 6.92 Å². The number of rotatable bonds is 0. The topological polar surface area (TPSA) is 12.0 Å². The zero-order chi connectivity index (χ0) is 9.00. The first-order valence-corrected chi connectivity index (χ1v) is 6.38. The normalized spacial score (nSPS) is 36.3. The number of fused-ring (bicyclic) bond motifs is 3. The van der Waals surface area contributed by atoms with Crippen LogP contribution in [-0.4, -0.2) is 13.1 Å². The van der Waals surface area contributed by atoms with Crippen molar-refractivity contribution in [2.24, 2.45) is 5.92 Å². The summed E-state index contributed by atoms with van der Waals surface area (Å²) in [6.07, 6.45) is 0. The maximum atomic E-state index is 3.58. The van der Waals surface area contributed by atoms with Crippen LogP contribution in [-0.2, 0) is 0 Å². The molecule has 2 heterocycles. The molecule has 0 amide bonds. The fourth-order valence-corrected chi connectivity index (χ4v) is 4.71. The molecule has 1 aromatic heterocycles. The predicted molar refractivity (Wildman–Crippen MR) is 59.5 cm³/mol. The summed E-state index contributed by atoms with van der Waals surface area (Å²) in [4.78, 5) is 1.63. The van der Waals surface area contributed by atoms with Gasteiger partial charge in [-0.15, -0.1) is 11.3 Å². The summed E-state index contributed by atoms with van der Waals surface area (Å²) in [6.45, 7) is 4.77. The zero-order valence-electron chi connectivity index (χ0n) is 7.51. The van der Waals surface area contributed by atoms with Crippen molar-refractivity contribution in [1.82, 2.24) is 5.32 Å². The summed E-state index contributed by atoms with van der Waals surface area (Å²) in [5.41, 5.74) is 1.60. The van der Waals surface area contributed by atoms with Gasteiger partial charge in [-0.05, 0) is 45.9 Å². The van der Waals surface area contributed by atoms with E-state index in [0.717, 1.165) is 17.8 Å². The van der Waals surface area contributed by atoms with Gasteiger partial charge in [0.1, 0.15) is 0 Å². The molecule has 1 N–H and O–H groups in total. The fourth-order valence-electron chi connectivity index (χ4n) is 2.77. The van der Waals surface area contributed by atoms with E-state index in [2.05, 4.69) is 34.2 Å². The lowest BCUT2D eigenvalue weighted by molar-refractivity contribution is 0.488. The molecular weight excluding hydrogens is 246 g/mol. The molecule has 3 unspecified atom stereocenters. The minimum atomic E-state index is 0.762. The van der Waals surface area contributed by atoms with Crippen LogP contribution >= 0.6 is 27.3 Å². The molecular formula is C10H12BrNS. The fraction of sp³-hybridized carbons (Fsp3) is 0.600. The van der Waals surface area contributed by atoms with Crippen LogP contribution in [0.4, 0.5) is 0 Å². The van der Waals surface area contributed by atoms with Gasteiger partial charge in [-0.2, -0.15) is 0 Å². The maximum Gasteiger partial charge on any atom is 0.0704 e. The van der Waals surface area contributed by atoms with Crippen LogP contribution in [0.15, 0.2) is 9.85 Å². The molecule has 0 radical (unpaired) electrons. The van der Waals surface area contributed by atoms with Gasteiger partial charge >= 0.3 is 0 Å². The Labute approximate surface area is 90.7 Å². The molecule has 70 valence electrons. The highest BCUT2D eigenvalue weighted by Crippen LogP contribution is 2.52. The van der Waals surface area contributed by atoms with Crippen LogP contribution in [0.1, 0.15) is 29.2 Å². The third-order valence-corrected chi connectivity index (χ3v) is 5.28. The lowest BCUT2D eigenvalue weighted by Crippen LogP contribution is -2.12. The lowest BCUT2D eigenvalue weighted by atomic mass is 9.92. The average Bonchev–Trinajstić information content (AvgIpc) is 2.70. The Morgan fingerprint density at radius 3 is 3.23 bits per heavy atom. The maximum absolute atomic E-state index is 3.58. The average molecular weight is 258 g/mol. The van der Waals surface area contributed by atoms with Crippen molar-refractivity contribution < 1.29 is 0 Å². The Kier molecular flexibility index (Phi) is 1.83. The van der Waals surface area contributed by atoms with Crippen molar-refractivity contribution in [2.45, 2.75) is 18.8 Å². The van der Waals surface area contributed by atoms with Gasteiger partial charge in [-0.3, -0.25) is 0 Å². The molecule has 3 heteroatoms. The van der Waals surface area contributed by atoms with E-state index in [0.29, 0.717) is 0 Å². The largest absolute Gasteiger partial charge is 0.316 e. The van der Waals surface area contributed by atoms with E-state index >= 15 is 0 Å². The Balaban J connectivity index is 2.11. The molecule has 0 aromatic carbocycles. The molecule has 0 saturated carbocycles. The van der Waals surface area contributed by atoms with Crippen molar-refractivity contribution in [2.75, 3.05) is 13.1 Å². The molecule has 2 aliphatic rings. The Morgan fingerprint density at radius 2 is 2.38 bits per heavy atom. The number of nitrogens with one attached hydrogen (secondary N) is 1. The molecule has 0 bridgehead atoms. The number of hydrogen-bond donors (Lipinski definition) is 1.